The molecule has 1 saturated heterocycles. The van der Waals surface area contributed by atoms with Gasteiger partial charge in [0.2, 0.25) is 0 Å². The SMILES string of the molecule is CCCn1c(CC(=O)C2CCOCC2)nc2ccccc21. The third-order valence-electron chi connectivity index (χ3n) is 4.19. The molecule has 1 aromatic carbocycles. The summed E-state index contributed by atoms with van der Waals surface area (Å²) in [6, 6.07) is 8.13. The predicted molar refractivity (Wildman–Crippen MR) is 82.3 cm³/mol. The highest BCUT2D eigenvalue weighted by Crippen LogP contribution is 2.21. The van der Waals surface area contributed by atoms with Crippen molar-refractivity contribution in [1.82, 2.24) is 9.55 Å². The van der Waals surface area contributed by atoms with Gasteiger partial charge in [-0.15, -0.1) is 0 Å². The Morgan fingerprint density at radius 1 is 1.33 bits per heavy atom. The third-order valence-corrected chi connectivity index (χ3v) is 4.19. The zero-order chi connectivity index (χ0) is 14.7. The van der Waals surface area contributed by atoms with Crippen molar-refractivity contribution in [3.63, 3.8) is 0 Å². The highest BCUT2D eigenvalue weighted by molar-refractivity contribution is 5.84. The Morgan fingerprint density at radius 3 is 2.86 bits per heavy atom. The fourth-order valence-electron chi connectivity index (χ4n) is 3.05. The van der Waals surface area contributed by atoms with Crippen molar-refractivity contribution >= 4 is 16.8 Å². The molecule has 2 aromatic rings. The predicted octanol–water partition coefficient (Wildman–Crippen LogP) is 2.98. The molecule has 4 nitrogen and oxygen atoms in total. The molecule has 1 aromatic heterocycles. The van der Waals surface area contributed by atoms with Crippen LogP contribution < -0.4 is 0 Å². The van der Waals surface area contributed by atoms with Crippen LogP contribution in [0.4, 0.5) is 0 Å². The van der Waals surface area contributed by atoms with E-state index in [1.165, 1.54) is 0 Å². The van der Waals surface area contributed by atoms with E-state index in [2.05, 4.69) is 22.5 Å². The number of rotatable bonds is 5. The van der Waals surface area contributed by atoms with Crippen LogP contribution in [0.25, 0.3) is 11.0 Å². The lowest BCUT2D eigenvalue weighted by atomic mass is 9.93. The number of ether oxygens (including phenoxy) is 1. The Kier molecular flexibility index (Phi) is 4.34. The minimum absolute atomic E-state index is 0.147. The maximum absolute atomic E-state index is 12.5. The summed E-state index contributed by atoms with van der Waals surface area (Å²) in [5.74, 6) is 1.37. The van der Waals surface area contributed by atoms with Gasteiger partial charge in [-0.05, 0) is 31.4 Å². The van der Waals surface area contributed by atoms with E-state index in [1.54, 1.807) is 0 Å². The summed E-state index contributed by atoms with van der Waals surface area (Å²) in [6.07, 6.45) is 3.19. The molecule has 1 aliphatic heterocycles. The van der Waals surface area contributed by atoms with E-state index >= 15 is 0 Å². The molecule has 3 rings (SSSR count). The van der Waals surface area contributed by atoms with Crippen LogP contribution in [0.2, 0.25) is 0 Å². The summed E-state index contributed by atoms with van der Waals surface area (Å²) >= 11 is 0. The van der Waals surface area contributed by atoms with E-state index in [-0.39, 0.29) is 5.92 Å². The number of imidazole rings is 1. The monoisotopic (exact) mass is 286 g/mol. The number of hydrogen-bond donors (Lipinski definition) is 0. The van der Waals surface area contributed by atoms with Crippen LogP contribution in [0.15, 0.2) is 24.3 Å². The number of carbonyl (C=O) groups excluding carboxylic acids is 1. The molecule has 0 saturated carbocycles. The van der Waals surface area contributed by atoms with E-state index < -0.39 is 0 Å². The Balaban J connectivity index is 1.85. The standard InChI is InChI=1S/C17H22N2O2/c1-2-9-19-15-6-4-3-5-14(15)18-17(19)12-16(20)13-7-10-21-11-8-13/h3-6,13H,2,7-12H2,1H3. The van der Waals surface area contributed by atoms with Gasteiger partial charge < -0.3 is 9.30 Å². The van der Waals surface area contributed by atoms with Gasteiger partial charge in [0.15, 0.2) is 0 Å². The Hall–Kier alpha value is -1.68. The maximum atomic E-state index is 12.5. The topological polar surface area (TPSA) is 44.1 Å². The van der Waals surface area contributed by atoms with Crippen LogP contribution in [0.5, 0.6) is 0 Å². The second kappa shape index (κ2) is 6.39. The molecule has 0 atom stereocenters. The zero-order valence-electron chi connectivity index (χ0n) is 12.5. The molecule has 0 spiro atoms. The third kappa shape index (κ3) is 3.00. The van der Waals surface area contributed by atoms with E-state index in [1.807, 2.05) is 18.2 Å². The molecular formula is C17H22N2O2. The first kappa shape index (κ1) is 14.3. The minimum Gasteiger partial charge on any atom is -0.381 e. The molecule has 112 valence electrons. The van der Waals surface area contributed by atoms with Gasteiger partial charge in [0.25, 0.3) is 0 Å². The quantitative estimate of drug-likeness (QED) is 0.848. The van der Waals surface area contributed by atoms with Crippen LogP contribution in [0.3, 0.4) is 0 Å². The zero-order valence-corrected chi connectivity index (χ0v) is 12.5. The molecule has 0 amide bonds. The van der Waals surface area contributed by atoms with Gasteiger partial charge in [-0.3, -0.25) is 4.79 Å². The number of ketones is 1. The minimum atomic E-state index is 0.147. The molecule has 4 heteroatoms. The van der Waals surface area contributed by atoms with E-state index in [0.29, 0.717) is 25.4 Å². The number of aromatic nitrogens is 2. The van der Waals surface area contributed by atoms with Crippen molar-refractivity contribution in [3.8, 4) is 0 Å². The largest absolute Gasteiger partial charge is 0.381 e. The Labute approximate surface area is 125 Å². The number of benzene rings is 1. The number of aryl methyl sites for hydroxylation is 1. The summed E-state index contributed by atoms with van der Waals surface area (Å²) in [6.45, 7) is 4.49. The lowest BCUT2D eigenvalue weighted by Gasteiger charge is -2.20. The van der Waals surface area contributed by atoms with Crippen LogP contribution >= 0.6 is 0 Å². The average molecular weight is 286 g/mol. The van der Waals surface area contributed by atoms with Gasteiger partial charge in [0.05, 0.1) is 17.5 Å². The molecule has 21 heavy (non-hydrogen) atoms. The van der Waals surface area contributed by atoms with Crippen molar-refractivity contribution in [3.05, 3.63) is 30.1 Å². The molecule has 0 aliphatic carbocycles. The Morgan fingerprint density at radius 2 is 2.10 bits per heavy atom. The summed E-state index contributed by atoms with van der Waals surface area (Å²) < 4.78 is 7.54. The highest BCUT2D eigenvalue weighted by Gasteiger charge is 2.23. The summed E-state index contributed by atoms with van der Waals surface area (Å²) in [7, 11) is 0. The second-order valence-corrected chi connectivity index (χ2v) is 5.70. The lowest BCUT2D eigenvalue weighted by Crippen LogP contribution is -2.25. The van der Waals surface area contributed by atoms with Gasteiger partial charge in [-0.25, -0.2) is 4.98 Å². The summed E-state index contributed by atoms with van der Waals surface area (Å²) in [5.41, 5.74) is 2.12. The molecular weight excluding hydrogens is 264 g/mol. The number of fused-ring (bicyclic) bond motifs is 1. The highest BCUT2D eigenvalue weighted by atomic mass is 16.5. The molecule has 1 aliphatic rings. The fourth-order valence-corrected chi connectivity index (χ4v) is 3.05. The number of nitrogens with zero attached hydrogens (tertiary/aromatic N) is 2. The number of hydrogen-bond acceptors (Lipinski definition) is 3. The van der Waals surface area contributed by atoms with Gasteiger partial charge in [0.1, 0.15) is 11.6 Å². The van der Waals surface area contributed by atoms with Gasteiger partial charge >= 0.3 is 0 Å². The normalized spacial score (nSPS) is 16.4. The summed E-state index contributed by atoms with van der Waals surface area (Å²) in [4.78, 5) is 17.2. The second-order valence-electron chi connectivity index (χ2n) is 5.70. The number of carbonyl (C=O) groups is 1. The van der Waals surface area contributed by atoms with Gasteiger partial charge in [-0.2, -0.15) is 0 Å². The first-order chi connectivity index (χ1) is 10.3. The smallest absolute Gasteiger partial charge is 0.143 e. The molecule has 2 heterocycles. The first-order valence-electron chi connectivity index (χ1n) is 7.84. The number of Topliss-reactive ketones (excluding diaryl/α,β-unsaturated/α-hetero) is 1. The maximum Gasteiger partial charge on any atom is 0.143 e. The summed E-state index contributed by atoms with van der Waals surface area (Å²) in [5, 5.41) is 0. The van der Waals surface area contributed by atoms with Crippen molar-refractivity contribution in [2.24, 2.45) is 5.92 Å². The van der Waals surface area contributed by atoms with Crippen molar-refractivity contribution < 1.29 is 9.53 Å². The van der Waals surface area contributed by atoms with Crippen molar-refractivity contribution in [2.45, 2.75) is 39.2 Å². The molecule has 0 radical (unpaired) electrons. The van der Waals surface area contributed by atoms with Crippen LogP contribution in [0, 0.1) is 5.92 Å². The molecule has 0 bridgehead atoms. The fraction of sp³-hybridized carbons (Fsp3) is 0.529. The van der Waals surface area contributed by atoms with E-state index in [4.69, 9.17) is 4.74 Å². The van der Waals surface area contributed by atoms with Crippen molar-refractivity contribution in [2.75, 3.05) is 13.2 Å². The molecule has 1 fully saturated rings. The lowest BCUT2D eigenvalue weighted by molar-refractivity contribution is -0.125. The van der Waals surface area contributed by atoms with Crippen LogP contribution in [-0.4, -0.2) is 28.5 Å². The molecule has 0 unspecified atom stereocenters. The van der Waals surface area contributed by atoms with Crippen molar-refractivity contribution in [1.29, 1.82) is 0 Å². The van der Waals surface area contributed by atoms with E-state index in [0.717, 1.165) is 42.7 Å². The van der Waals surface area contributed by atoms with Crippen LogP contribution in [0.1, 0.15) is 32.0 Å². The molecule has 0 N–H and O–H groups in total. The average Bonchev–Trinajstić information content (AvgIpc) is 2.86. The first-order valence-corrected chi connectivity index (χ1v) is 7.84. The van der Waals surface area contributed by atoms with Gasteiger partial charge in [-0.1, -0.05) is 19.1 Å². The van der Waals surface area contributed by atoms with Crippen LogP contribution in [-0.2, 0) is 22.5 Å². The van der Waals surface area contributed by atoms with E-state index in [9.17, 15) is 4.79 Å². The Bertz CT molecular complexity index is 627. The number of para-hydroxylation sites is 2. The van der Waals surface area contributed by atoms with Gasteiger partial charge in [0, 0.05) is 25.7 Å².